The van der Waals surface area contributed by atoms with Crippen molar-refractivity contribution in [3.63, 3.8) is 0 Å². The molecule has 3 N–H and O–H groups in total. The summed E-state index contributed by atoms with van der Waals surface area (Å²) in [4.78, 5) is 0. The van der Waals surface area contributed by atoms with E-state index >= 15 is 0 Å². The van der Waals surface area contributed by atoms with E-state index in [0.29, 0.717) is 0 Å². The second-order valence-corrected chi connectivity index (χ2v) is 4.43. The first-order valence-corrected chi connectivity index (χ1v) is 5.44. The van der Waals surface area contributed by atoms with Crippen LogP contribution in [0.25, 0.3) is 0 Å². The number of hydrogen-bond donors (Lipinski definition) is 2. The smallest absolute Gasteiger partial charge is 0.0437 e. The van der Waals surface area contributed by atoms with Gasteiger partial charge in [-0.25, -0.2) is 0 Å². The molecule has 0 saturated carbocycles. The lowest BCUT2D eigenvalue weighted by Gasteiger charge is -2.22. The number of nitrogens with two attached hydrogens (primary N) is 1. The maximum absolute atomic E-state index is 5.53. The molecule has 0 bridgehead atoms. The van der Waals surface area contributed by atoms with Crippen molar-refractivity contribution < 1.29 is 0 Å². The van der Waals surface area contributed by atoms with Crippen LogP contribution < -0.4 is 11.3 Å². The molecule has 1 aromatic rings. The molecule has 0 aliphatic rings. The van der Waals surface area contributed by atoms with Gasteiger partial charge in [-0.3, -0.25) is 11.3 Å². The van der Waals surface area contributed by atoms with Gasteiger partial charge in [0, 0.05) is 6.04 Å². The summed E-state index contributed by atoms with van der Waals surface area (Å²) >= 11 is 0. The lowest BCUT2D eigenvalue weighted by molar-refractivity contribution is 0.595. The highest BCUT2D eigenvalue weighted by Gasteiger charge is 2.15. The lowest BCUT2D eigenvalue weighted by Crippen LogP contribution is -2.27. The second kappa shape index (κ2) is 4.33. The molecule has 2 heteroatoms. The fourth-order valence-corrected chi connectivity index (χ4v) is 2.26. The average molecular weight is 206 g/mol. The minimum atomic E-state index is 0.211. The van der Waals surface area contributed by atoms with Crippen LogP contribution >= 0.6 is 0 Å². The van der Waals surface area contributed by atoms with E-state index in [-0.39, 0.29) is 6.04 Å². The number of rotatable bonds is 2. The Morgan fingerprint density at radius 1 is 0.800 bits per heavy atom. The molecule has 0 fully saturated rings. The third kappa shape index (κ3) is 1.92. The molecule has 0 saturated heterocycles. The summed E-state index contributed by atoms with van der Waals surface area (Å²) in [5, 5.41) is 0. The Hall–Kier alpha value is -0.860. The minimum Gasteiger partial charge on any atom is -0.271 e. The van der Waals surface area contributed by atoms with Crippen molar-refractivity contribution >= 4 is 0 Å². The standard InChI is InChI=1S/C13H22N2/c1-7-8(2)10(4)13(12(6)15-14)11(5)9(7)3/h12,15H,14H2,1-6H3. The number of hydrazine groups is 1. The summed E-state index contributed by atoms with van der Waals surface area (Å²) in [5.41, 5.74) is 11.1. The molecule has 84 valence electrons. The normalized spacial score (nSPS) is 13.0. The van der Waals surface area contributed by atoms with Gasteiger partial charge in [0.15, 0.2) is 0 Å². The summed E-state index contributed by atoms with van der Waals surface area (Å²) in [5.74, 6) is 5.53. The predicted octanol–water partition coefficient (Wildman–Crippen LogP) is 2.75. The molecule has 1 rings (SSSR count). The molecule has 2 nitrogen and oxygen atoms in total. The van der Waals surface area contributed by atoms with Crippen LogP contribution in [0.3, 0.4) is 0 Å². The van der Waals surface area contributed by atoms with Gasteiger partial charge < -0.3 is 0 Å². The van der Waals surface area contributed by atoms with E-state index < -0.39 is 0 Å². The molecule has 0 aliphatic heterocycles. The zero-order valence-corrected chi connectivity index (χ0v) is 10.7. The number of nitrogens with one attached hydrogen (secondary N) is 1. The summed E-state index contributed by atoms with van der Waals surface area (Å²) in [6.07, 6.45) is 0. The quantitative estimate of drug-likeness (QED) is 0.577. The van der Waals surface area contributed by atoms with Crippen molar-refractivity contribution in [3.8, 4) is 0 Å². The Morgan fingerprint density at radius 3 is 1.47 bits per heavy atom. The highest BCUT2D eigenvalue weighted by molar-refractivity contribution is 5.50. The van der Waals surface area contributed by atoms with Crippen LogP contribution in [0.1, 0.15) is 46.3 Å². The first-order chi connectivity index (χ1) is 6.91. The van der Waals surface area contributed by atoms with Crippen molar-refractivity contribution in [1.82, 2.24) is 5.43 Å². The van der Waals surface area contributed by atoms with Crippen molar-refractivity contribution in [2.45, 2.75) is 47.6 Å². The Kier molecular flexibility index (Phi) is 3.53. The Morgan fingerprint density at radius 2 is 1.13 bits per heavy atom. The van der Waals surface area contributed by atoms with Crippen LogP contribution in [0.4, 0.5) is 0 Å². The van der Waals surface area contributed by atoms with Crippen LogP contribution in [0, 0.1) is 34.6 Å². The molecular weight excluding hydrogens is 184 g/mol. The van der Waals surface area contributed by atoms with Gasteiger partial charge in [-0.2, -0.15) is 0 Å². The van der Waals surface area contributed by atoms with Gasteiger partial charge in [0.2, 0.25) is 0 Å². The molecule has 0 heterocycles. The van der Waals surface area contributed by atoms with E-state index in [1.54, 1.807) is 0 Å². The largest absolute Gasteiger partial charge is 0.271 e. The van der Waals surface area contributed by atoms with Crippen molar-refractivity contribution in [2.75, 3.05) is 0 Å². The van der Waals surface area contributed by atoms with Gasteiger partial charge in [-0.05, 0) is 74.9 Å². The molecule has 0 radical (unpaired) electrons. The number of benzene rings is 1. The first-order valence-electron chi connectivity index (χ1n) is 5.44. The molecule has 15 heavy (non-hydrogen) atoms. The van der Waals surface area contributed by atoms with Crippen LogP contribution in [0.15, 0.2) is 0 Å². The molecule has 0 spiro atoms. The van der Waals surface area contributed by atoms with Crippen molar-refractivity contribution in [2.24, 2.45) is 5.84 Å². The highest BCUT2D eigenvalue weighted by Crippen LogP contribution is 2.29. The maximum atomic E-state index is 5.53. The average Bonchev–Trinajstić information content (AvgIpc) is 2.23. The third-order valence-electron chi connectivity index (χ3n) is 3.74. The van der Waals surface area contributed by atoms with E-state index in [9.17, 15) is 0 Å². The van der Waals surface area contributed by atoms with Gasteiger partial charge in [0.25, 0.3) is 0 Å². The predicted molar refractivity (Wildman–Crippen MR) is 65.9 cm³/mol. The fraction of sp³-hybridized carbons (Fsp3) is 0.538. The zero-order chi connectivity index (χ0) is 11.7. The minimum absolute atomic E-state index is 0.211. The van der Waals surface area contributed by atoms with E-state index in [1.165, 1.54) is 33.4 Å². The summed E-state index contributed by atoms with van der Waals surface area (Å²) < 4.78 is 0. The Labute approximate surface area is 92.8 Å². The molecular formula is C13H22N2. The van der Waals surface area contributed by atoms with Gasteiger partial charge >= 0.3 is 0 Å². The second-order valence-electron chi connectivity index (χ2n) is 4.43. The highest BCUT2D eigenvalue weighted by atomic mass is 15.2. The van der Waals surface area contributed by atoms with Gasteiger partial charge in [-0.15, -0.1) is 0 Å². The fourth-order valence-electron chi connectivity index (χ4n) is 2.26. The molecule has 0 aliphatic carbocycles. The summed E-state index contributed by atoms with van der Waals surface area (Å²) in [7, 11) is 0. The van der Waals surface area contributed by atoms with E-state index in [4.69, 9.17) is 5.84 Å². The topological polar surface area (TPSA) is 38.0 Å². The first kappa shape index (κ1) is 12.2. The van der Waals surface area contributed by atoms with Gasteiger partial charge in [-0.1, -0.05) is 0 Å². The molecule has 1 atom stereocenters. The van der Waals surface area contributed by atoms with Crippen molar-refractivity contribution in [3.05, 3.63) is 33.4 Å². The lowest BCUT2D eigenvalue weighted by atomic mass is 9.87. The van der Waals surface area contributed by atoms with Crippen LogP contribution in [-0.4, -0.2) is 0 Å². The van der Waals surface area contributed by atoms with Crippen LogP contribution in [0.2, 0.25) is 0 Å². The van der Waals surface area contributed by atoms with Crippen molar-refractivity contribution in [1.29, 1.82) is 0 Å². The molecule has 0 aromatic heterocycles. The van der Waals surface area contributed by atoms with E-state index in [2.05, 4.69) is 47.0 Å². The monoisotopic (exact) mass is 206 g/mol. The third-order valence-corrected chi connectivity index (χ3v) is 3.74. The molecule has 1 unspecified atom stereocenters. The van der Waals surface area contributed by atoms with Gasteiger partial charge in [0.1, 0.15) is 0 Å². The Balaban J connectivity index is 3.52. The van der Waals surface area contributed by atoms with Crippen LogP contribution in [-0.2, 0) is 0 Å². The SMILES string of the molecule is Cc1c(C)c(C)c(C(C)NN)c(C)c1C. The zero-order valence-electron chi connectivity index (χ0n) is 10.7. The summed E-state index contributed by atoms with van der Waals surface area (Å²) in [6.45, 7) is 13.0. The van der Waals surface area contributed by atoms with Crippen LogP contribution in [0.5, 0.6) is 0 Å². The van der Waals surface area contributed by atoms with Gasteiger partial charge in [0.05, 0.1) is 0 Å². The maximum Gasteiger partial charge on any atom is 0.0437 e. The Bertz CT molecular complexity index is 352. The van der Waals surface area contributed by atoms with E-state index in [0.717, 1.165) is 0 Å². The number of hydrogen-bond acceptors (Lipinski definition) is 2. The molecule has 1 aromatic carbocycles. The summed E-state index contributed by atoms with van der Waals surface area (Å²) in [6, 6.07) is 0.211. The molecule has 0 amide bonds. The van der Waals surface area contributed by atoms with E-state index in [1.807, 2.05) is 0 Å².